The molecule has 0 radical (unpaired) electrons. The molecule has 1 aromatic carbocycles. The molecule has 9 heteroatoms. The summed E-state index contributed by atoms with van der Waals surface area (Å²) in [7, 11) is 0. The van der Waals surface area contributed by atoms with Crippen molar-refractivity contribution in [3.05, 3.63) is 71.4 Å². The first-order valence-electron chi connectivity index (χ1n) is 8.71. The number of allylic oxidation sites excluding steroid dienone is 2. The quantitative estimate of drug-likeness (QED) is 0.575. The summed E-state index contributed by atoms with van der Waals surface area (Å²) in [5.41, 5.74) is -0.0637. The van der Waals surface area contributed by atoms with Crippen molar-refractivity contribution < 1.29 is 18.0 Å². The summed E-state index contributed by atoms with van der Waals surface area (Å²) in [6.45, 7) is 2.22. The van der Waals surface area contributed by atoms with Crippen LogP contribution in [0.3, 0.4) is 0 Å². The first-order chi connectivity index (χ1) is 13.2. The number of nitrogens with zero attached hydrogens (tertiary/aromatic N) is 4. The molecule has 1 amide bonds. The Bertz CT molecular complexity index is 978. The lowest BCUT2D eigenvalue weighted by atomic mass is 10.1. The van der Waals surface area contributed by atoms with Crippen LogP contribution in [0.4, 0.5) is 24.5 Å². The highest BCUT2D eigenvalue weighted by molar-refractivity contribution is 6.09. The van der Waals surface area contributed by atoms with Gasteiger partial charge in [0.25, 0.3) is 5.91 Å². The number of halogens is 3. The molecule has 1 unspecified atom stereocenters. The summed E-state index contributed by atoms with van der Waals surface area (Å²) < 4.78 is 39.1. The van der Waals surface area contributed by atoms with Crippen LogP contribution < -0.4 is 9.55 Å². The third-order valence-electron chi connectivity index (χ3n) is 4.95. The van der Waals surface area contributed by atoms with Crippen molar-refractivity contribution in [3.8, 4) is 0 Å². The van der Waals surface area contributed by atoms with Crippen molar-refractivity contribution in [3.63, 3.8) is 0 Å². The maximum Gasteiger partial charge on any atom is 0.416 e. The minimum atomic E-state index is -4.45. The van der Waals surface area contributed by atoms with Crippen LogP contribution in [-0.4, -0.2) is 28.8 Å². The molecule has 0 saturated heterocycles. The molecular formula is C19H17F3N4O2. The van der Waals surface area contributed by atoms with Gasteiger partial charge >= 0.3 is 6.18 Å². The van der Waals surface area contributed by atoms with Gasteiger partial charge in [0.2, 0.25) is 0 Å². The number of rotatable bonds is 2. The smallest absolute Gasteiger partial charge is 0.416 e. The van der Waals surface area contributed by atoms with Gasteiger partial charge in [0.15, 0.2) is 11.4 Å². The molecule has 0 fully saturated rings. The summed E-state index contributed by atoms with van der Waals surface area (Å²) in [6, 6.07) is 4.19. The Morgan fingerprint density at radius 2 is 1.93 bits per heavy atom. The van der Waals surface area contributed by atoms with Crippen LogP contribution in [0, 0.1) is 5.21 Å². The summed E-state index contributed by atoms with van der Waals surface area (Å²) in [4.78, 5) is 14.6. The van der Waals surface area contributed by atoms with E-state index in [0.717, 1.165) is 12.1 Å². The zero-order valence-corrected chi connectivity index (χ0v) is 14.9. The maximum atomic E-state index is 13.2. The second-order valence-corrected chi connectivity index (χ2v) is 6.88. The van der Waals surface area contributed by atoms with E-state index in [1.165, 1.54) is 34.1 Å². The minimum absolute atomic E-state index is 0.136. The molecule has 2 aliphatic heterocycles. The number of fused-ring (bicyclic) bond motifs is 1. The molecule has 2 aromatic rings. The normalized spacial score (nSPS) is 24.5. The third kappa shape index (κ3) is 2.92. The maximum absolute atomic E-state index is 13.2. The molecule has 3 heterocycles. The molecule has 1 aromatic heterocycles. The van der Waals surface area contributed by atoms with Gasteiger partial charge in [0.1, 0.15) is 18.9 Å². The van der Waals surface area contributed by atoms with Gasteiger partial charge in [0, 0.05) is 12.2 Å². The van der Waals surface area contributed by atoms with E-state index in [0.29, 0.717) is 5.69 Å². The van der Waals surface area contributed by atoms with E-state index in [1.807, 2.05) is 6.92 Å². The number of hydrogen-bond acceptors (Lipinski definition) is 3. The fourth-order valence-corrected chi connectivity index (χ4v) is 3.50. The number of alkyl halides is 3. The second kappa shape index (κ2) is 6.32. The van der Waals surface area contributed by atoms with Crippen LogP contribution in [0.25, 0.3) is 0 Å². The highest BCUT2D eigenvalue weighted by Gasteiger charge is 2.39. The Hall–Kier alpha value is -2.91. The average molecular weight is 390 g/mol. The van der Waals surface area contributed by atoms with Crippen LogP contribution in [0.15, 0.2) is 54.9 Å². The van der Waals surface area contributed by atoms with Crippen LogP contribution >= 0.6 is 0 Å². The van der Waals surface area contributed by atoms with Gasteiger partial charge in [-0.25, -0.2) is 4.68 Å². The van der Waals surface area contributed by atoms with Crippen molar-refractivity contribution in [2.75, 3.05) is 18.0 Å². The molecule has 2 atom stereocenters. The average Bonchev–Trinajstić information content (AvgIpc) is 3.12. The fraction of sp³-hybridized carbons (Fsp3) is 0.263. The van der Waals surface area contributed by atoms with E-state index in [1.54, 1.807) is 18.2 Å². The van der Waals surface area contributed by atoms with Gasteiger partial charge in [-0.05, 0) is 43.3 Å². The lowest BCUT2D eigenvalue weighted by molar-refractivity contribution is -0.137. The van der Waals surface area contributed by atoms with Crippen LogP contribution in [0.5, 0.6) is 0 Å². The standard InChI is InChI=1S/C19H17F3N4O2/c1-13-12-24(15-7-5-14(6-8-15)19(20,21)22)18(27)17-16(11-23-25(13)17)26(28)9-3-2-4-10-26/h2-9,11,13H,10,12H2,1H3/t13-,26?/m0/s1. The van der Waals surface area contributed by atoms with Gasteiger partial charge in [-0.3, -0.25) is 9.44 Å². The van der Waals surface area contributed by atoms with Gasteiger partial charge in [-0.1, -0.05) is 6.08 Å². The van der Waals surface area contributed by atoms with Gasteiger partial charge < -0.3 is 10.1 Å². The number of hydrogen-bond donors (Lipinski definition) is 0. The van der Waals surface area contributed by atoms with Gasteiger partial charge in [-0.2, -0.15) is 18.3 Å². The summed E-state index contributed by atoms with van der Waals surface area (Å²) >= 11 is 0. The number of aromatic nitrogens is 2. The zero-order chi connectivity index (χ0) is 20.1. The van der Waals surface area contributed by atoms with Crippen LogP contribution in [0.1, 0.15) is 29.0 Å². The van der Waals surface area contributed by atoms with E-state index >= 15 is 0 Å². The molecule has 0 spiro atoms. The topological polar surface area (TPSA) is 61.2 Å². The molecule has 0 N–H and O–H groups in total. The molecule has 146 valence electrons. The third-order valence-corrected chi connectivity index (χ3v) is 4.95. The molecule has 0 aliphatic carbocycles. The fourth-order valence-electron chi connectivity index (χ4n) is 3.50. The monoisotopic (exact) mass is 390 g/mol. The molecular weight excluding hydrogens is 373 g/mol. The Labute approximate surface area is 158 Å². The Balaban J connectivity index is 1.73. The molecule has 2 aliphatic rings. The number of amides is 1. The van der Waals surface area contributed by atoms with Gasteiger partial charge in [0.05, 0.1) is 11.6 Å². The lowest BCUT2D eigenvalue weighted by Crippen LogP contribution is -2.45. The predicted molar refractivity (Wildman–Crippen MR) is 98.4 cm³/mol. The van der Waals surface area contributed by atoms with Crippen LogP contribution in [-0.2, 0) is 6.18 Å². The van der Waals surface area contributed by atoms with E-state index in [2.05, 4.69) is 5.10 Å². The van der Waals surface area contributed by atoms with Crippen molar-refractivity contribution >= 4 is 17.3 Å². The molecule has 6 nitrogen and oxygen atoms in total. The first-order valence-corrected chi connectivity index (χ1v) is 8.71. The summed E-state index contributed by atoms with van der Waals surface area (Å²) in [6.07, 6.45) is 3.47. The highest BCUT2D eigenvalue weighted by atomic mass is 19.4. The van der Waals surface area contributed by atoms with Gasteiger partial charge in [-0.15, -0.1) is 0 Å². The minimum Gasteiger partial charge on any atom is -0.622 e. The first kappa shape index (κ1) is 18.5. The zero-order valence-electron chi connectivity index (χ0n) is 14.9. The second-order valence-electron chi connectivity index (χ2n) is 6.88. The van der Waals surface area contributed by atoms with E-state index in [4.69, 9.17) is 0 Å². The van der Waals surface area contributed by atoms with Crippen LogP contribution in [0.2, 0.25) is 0 Å². The molecule has 0 bridgehead atoms. The largest absolute Gasteiger partial charge is 0.622 e. The Kier molecular flexibility index (Phi) is 4.16. The van der Waals surface area contributed by atoms with Crippen molar-refractivity contribution in [2.45, 2.75) is 19.1 Å². The molecule has 0 saturated carbocycles. The van der Waals surface area contributed by atoms with E-state index in [-0.39, 0.29) is 30.5 Å². The predicted octanol–water partition coefficient (Wildman–Crippen LogP) is 4.01. The number of anilines is 1. The lowest BCUT2D eigenvalue weighted by Gasteiger charge is -2.39. The highest BCUT2D eigenvalue weighted by Crippen LogP contribution is 2.36. The summed E-state index contributed by atoms with van der Waals surface area (Å²) in [5.74, 6) is -0.457. The summed E-state index contributed by atoms with van der Waals surface area (Å²) in [5, 5.41) is 17.4. The van der Waals surface area contributed by atoms with E-state index in [9.17, 15) is 23.2 Å². The number of hydroxylamine groups is 2. The van der Waals surface area contributed by atoms with E-state index < -0.39 is 22.3 Å². The number of carbonyl (C=O) groups excluding carboxylic acids is 1. The SMILES string of the molecule is C[C@H]1CN(c2ccc(C(F)(F)F)cc2)C(=O)c2c([N+]3([O-])C=CC=CC3)cnn21. The number of benzene rings is 1. The van der Waals surface area contributed by atoms with Crippen molar-refractivity contribution in [1.82, 2.24) is 14.4 Å². The molecule has 4 rings (SSSR count). The molecule has 28 heavy (non-hydrogen) atoms. The Morgan fingerprint density at radius 3 is 2.54 bits per heavy atom. The van der Waals surface area contributed by atoms with Crippen molar-refractivity contribution in [1.29, 1.82) is 0 Å². The van der Waals surface area contributed by atoms with Crippen molar-refractivity contribution in [2.24, 2.45) is 0 Å². The number of quaternary nitrogens is 1. The number of carbonyl (C=O) groups is 1. The Morgan fingerprint density at radius 1 is 1.21 bits per heavy atom.